The number of hydrogen-bond acceptors (Lipinski definition) is 3. The first-order valence-electron chi connectivity index (χ1n) is 5.39. The van der Waals surface area contributed by atoms with Crippen molar-refractivity contribution in [1.29, 1.82) is 0 Å². The molecule has 1 aromatic carbocycles. The van der Waals surface area contributed by atoms with E-state index in [0.29, 0.717) is 28.5 Å². The Kier molecular flexibility index (Phi) is 3.53. The van der Waals surface area contributed by atoms with Crippen molar-refractivity contribution in [1.82, 2.24) is 10.2 Å². The van der Waals surface area contributed by atoms with E-state index in [9.17, 15) is 4.79 Å². The number of aliphatic carboxylic acids is 1. The monoisotopic (exact) mass is 265 g/mol. The van der Waals surface area contributed by atoms with Gasteiger partial charge in [0.25, 0.3) is 0 Å². The summed E-state index contributed by atoms with van der Waals surface area (Å²) in [6.45, 7) is 0. The molecule has 0 amide bonds. The van der Waals surface area contributed by atoms with Gasteiger partial charge in [-0.2, -0.15) is 5.10 Å². The number of H-pyrrole nitrogens is 1. The number of hydrogen-bond donors (Lipinski definition) is 3. The number of carbonyl (C=O) groups is 1. The third kappa shape index (κ3) is 2.46. The van der Waals surface area contributed by atoms with Crippen LogP contribution in [-0.4, -0.2) is 21.3 Å². The van der Waals surface area contributed by atoms with Crippen molar-refractivity contribution in [2.75, 3.05) is 5.73 Å². The highest BCUT2D eigenvalue weighted by Gasteiger charge is 2.15. The number of benzene rings is 1. The highest BCUT2D eigenvalue weighted by atomic mass is 35.5. The zero-order valence-electron chi connectivity index (χ0n) is 9.48. The smallest absolute Gasteiger partial charge is 0.303 e. The van der Waals surface area contributed by atoms with Gasteiger partial charge in [-0.3, -0.25) is 9.89 Å². The van der Waals surface area contributed by atoms with E-state index in [2.05, 4.69) is 10.2 Å². The summed E-state index contributed by atoms with van der Waals surface area (Å²) in [5.41, 5.74) is 7.92. The maximum atomic E-state index is 10.6. The number of anilines is 1. The number of carboxylic acid groups (broad SMARTS) is 1. The first-order chi connectivity index (χ1) is 8.59. The molecule has 2 aromatic rings. The van der Waals surface area contributed by atoms with Gasteiger partial charge < -0.3 is 10.8 Å². The van der Waals surface area contributed by atoms with Crippen LogP contribution in [0.2, 0.25) is 5.02 Å². The van der Waals surface area contributed by atoms with Gasteiger partial charge >= 0.3 is 5.97 Å². The van der Waals surface area contributed by atoms with Crippen molar-refractivity contribution in [3.63, 3.8) is 0 Å². The summed E-state index contributed by atoms with van der Waals surface area (Å²) in [6.07, 6.45) is 0.346. The summed E-state index contributed by atoms with van der Waals surface area (Å²) in [7, 11) is 0. The molecule has 6 heteroatoms. The Hall–Kier alpha value is -2.01. The molecule has 2 rings (SSSR count). The molecule has 1 heterocycles. The number of rotatable bonds is 4. The summed E-state index contributed by atoms with van der Waals surface area (Å²) in [6, 6.07) is 7.24. The lowest BCUT2D eigenvalue weighted by molar-refractivity contribution is -0.136. The normalized spacial score (nSPS) is 10.5. The number of carboxylic acids is 1. The van der Waals surface area contributed by atoms with Crippen LogP contribution >= 0.6 is 11.6 Å². The van der Waals surface area contributed by atoms with Gasteiger partial charge in [0.15, 0.2) is 5.82 Å². The summed E-state index contributed by atoms with van der Waals surface area (Å²) >= 11 is 6.11. The van der Waals surface area contributed by atoms with E-state index in [1.807, 2.05) is 18.2 Å². The topological polar surface area (TPSA) is 92.0 Å². The minimum Gasteiger partial charge on any atom is -0.481 e. The maximum Gasteiger partial charge on any atom is 0.303 e. The number of aryl methyl sites for hydroxylation is 1. The minimum absolute atomic E-state index is 0.0130. The highest BCUT2D eigenvalue weighted by molar-refractivity contribution is 6.33. The Bertz CT molecular complexity index is 580. The molecule has 0 radical (unpaired) electrons. The van der Waals surface area contributed by atoms with Crippen LogP contribution < -0.4 is 5.73 Å². The Morgan fingerprint density at radius 1 is 1.44 bits per heavy atom. The van der Waals surface area contributed by atoms with E-state index < -0.39 is 5.97 Å². The standard InChI is InChI=1S/C12H12ClN3O2/c13-8-4-2-1-3-7(8)11-9(5-6-10(17)18)15-16-12(11)14/h1-4H,5-6H2,(H,17,18)(H3,14,15,16). The lowest BCUT2D eigenvalue weighted by Gasteiger charge is -2.05. The summed E-state index contributed by atoms with van der Waals surface area (Å²) in [4.78, 5) is 10.6. The summed E-state index contributed by atoms with van der Waals surface area (Å²) < 4.78 is 0. The molecule has 94 valence electrons. The van der Waals surface area contributed by atoms with Crippen molar-refractivity contribution in [3.05, 3.63) is 35.0 Å². The molecule has 4 N–H and O–H groups in total. The number of nitrogens with two attached hydrogens (primary N) is 1. The Balaban J connectivity index is 2.41. The SMILES string of the molecule is Nc1n[nH]c(CCC(=O)O)c1-c1ccccc1Cl. The van der Waals surface area contributed by atoms with Gasteiger partial charge in [-0.1, -0.05) is 29.8 Å². The summed E-state index contributed by atoms with van der Waals surface area (Å²) in [5, 5.41) is 15.9. The van der Waals surface area contributed by atoms with Crippen LogP contribution in [0.4, 0.5) is 5.82 Å². The molecule has 0 saturated carbocycles. The third-order valence-corrected chi connectivity index (χ3v) is 2.93. The first-order valence-corrected chi connectivity index (χ1v) is 5.77. The largest absolute Gasteiger partial charge is 0.481 e. The Morgan fingerprint density at radius 3 is 2.83 bits per heavy atom. The average molecular weight is 266 g/mol. The van der Waals surface area contributed by atoms with Gasteiger partial charge in [-0.25, -0.2) is 0 Å². The van der Waals surface area contributed by atoms with Gasteiger partial charge in [0.05, 0.1) is 6.42 Å². The number of aromatic nitrogens is 2. The molecule has 0 spiro atoms. The van der Waals surface area contributed by atoms with Crippen LogP contribution in [0.1, 0.15) is 12.1 Å². The van der Waals surface area contributed by atoms with E-state index in [-0.39, 0.29) is 6.42 Å². The molecule has 0 fully saturated rings. The number of halogens is 1. The van der Waals surface area contributed by atoms with Crippen molar-refractivity contribution in [2.24, 2.45) is 0 Å². The second-order valence-electron chi connectivity index (χ2n) is 3.84. The van der Waals surface area contributed by atoms with Crippen LogP contribution in [0.25, 0.3) is 11.1 Å². The zero-order valence-corrected chi connectivity index (χ0v) is 10.2. The van der Waals surface area contributed by atoms with Crippen molar-refractivity contribution in [2.45, 2.75) is 12.8 Å². The van der Waals surface area contributed by atoms with E-state index in [1.165, 1.54) is 0 Å². The van der Waals surface area contributed by atoms with Gasteiger partial charge in [0, 0.05) is 28.3 Å². The molecule has 0 bridgehead atoms. The highest BCUT2D eigenvalue weighted by Crippen LogP contribution is 2.33. The second kappa shape index (κ2) is 5.10. The molecule has 18 heavy (non-hydrogen) atoms. The molecule has 5 nitrogen and oxygen atoms in total. The van der Waals surface area contributed by atoms with E-state index >= 15 is 0 Å². The first kappa shape index (κ1) is 12.4. The lowest BCUT2D eigenvalue weighted by Crippen LogP contribution is -1.99. The van der Waals surface area contributed by atoms with Crippen LogP contribution in [-0.2, 0) is 11.2 Å². The Morgan fingerprint density at radius 2 is 2.17 bits per heavy atom. The molecule has 0 unspecified atom stereocenters. The third-order valence-electron chi connectivity index (χ3n) is 2.60. The molecular weight excluding hydrogens is 254 g/mol. The maximum absolute atomic E-state index is 10.6. The molecule has 0 aliphatic carbocycles. The number of nitrogens with one attached hydrogen (secondary N) is 1. The van der Waals surface area contributed by atoms with Gasteiger partial charge in [-0.15, -0.1) is 0 Å². The van der Waals surface area contributed by atoms with E-state index in [0.717, 1.165) is 5.56 Å². The molecule has 0 saturated heterocycles. The van der Waals surface area contributed by atoms with Crippen LogP contribution in [0.5, 0.6) is 0 Å². The zero-order chi connectivity index (χ0) is 13.1. The van der Waals surface area contributed by atoms with Crippen molar-refractivity contribution in [3.8, 4) is 11.1 Å². The lowest BCUT2D eigenvalue weighted by atomic mass is 10.0. The van der Waals surface area contributed by atoms with Crippen LogP contribution in [0.3, 0.4) is 0 Å². The molecule has 0 atom stereocenters. The fourth-order valence-electron chi connectivity index (χ4n) is 1.77. The minimum atomic E-state index is -0.867. The molecule has 0 aliphatic rings. The van der Waals surface area contributed by atoms with Gasteiger partial charge in [0.1, 0.15) is 0 Å². The number of nitrogens with zero attached hydrogens (tertiary/aromatic N) is 1. The fourth-order valence-corrected chi connectivity index (χ4v) is 2.00. The van der Waals surface area contributed by atoms with Gasteiger partial charge in [-0.05, 0) is 6.07 Å². The molecule has 0 aliphatic heterocycles. The van der Waals surface area contributed by atoms with Crippen molar-refractivity contribution < 1.29 is 9.90 Å². The second-order valence-corrected chi connectivity index (χ2v) is 4.24. The predicted octanol–water partition coefficient (Wildman–Crippen LogP) is 2.33. The van der Waals surface area contributed by atoms with E-state index in [1.54, 1.807) is 6.07 Å². The predicted molar refractivity (Wildman–Crippen MR) is 69.4 cm³/mol. The van der Waals surface area contributed by atoms with E-state index in [4.69, 9.17) is 22.4 Å². The fraction of sp³-hybridized carbons (Fsp3) is 0.167. The number of aromatic amines is 1. The quantitative estimate of drug-likeness (QED) is 0.791. The Labute approximate surface area is 109 Å². The molecular formula is C12H12ClN3O2. The number of nitrogen functional groups attached to an aromatic ring is 1. The molecule has 1 aromatic heterocycles. The van der Waals surface area contributed by atoms with Gasteiger partial charge in [0.2, 0.25) is 0 Å². The van der Waals surface area contributed by atoms with Crippen molar-refractivity contribution >= 4 is 23.4 Å². The van der Waals surface area contributed by atoms with Crippen LogP contribution in [0.15, 0.2) is 24.3 Å². The average Bonchev–Trinajstić information content (AvgIpc) is 2.69. The summed E-state index contributed by atoms with van der Waals surface area (Å²) in [5.74, 6) is -0.545. The van der Waals surface area contributed by atoms with Crippen LogP contribution in [0, 0.1) is 0 Å².